The third kappa shape index (κ3) is 3.05. The normalized spacial score (nSPS) is 9.79. The number of carbonyl (C=O) groups excluding carboxylic acids is 1. The zero-order valence-electron chi connectivity index (χ0n) is 8.29. The molecular weight excluding hydrogens is 178 g/mol. The number of rotatable bonds is 4. The van der Waals surface area contributed by atoms with E-state index in [-0.39, 0.29) is 5.91 Å². The Morgan fingerprint density at radius 2 is 2.43 bits per heavy atom. The molecule has 0 bridgehead atoms. The van der Waals surface area contributed by atoms with Gasteiger partial charge >= 0.3 is 0 Å². The number of nitrogen functional groups attached to an aromatic ring is 1. The van der Waals surface area contributed by atoms with Crippen LogP contribution in [0.5, 0.6) is 0 Å². The third-order valence-corrected chi connectivity index (χ3v) is 1.86. The van der Waals surface area contributed by atoms with Crippen LogP contribution in [0.3, 0.4) is 0 Å². The Morgan fingerprint density at radius 1 is 1.64 bits per heavy atom. The van der Waals surface area contributed by atoms with E-state index in [0.29, 0.717) is 17.9 Å². The number of nitrogens with zero attached hydrogens (tertiary/aromatic N) is 1. The van der Waals surface area contributed by atoms with Gasteiger partial charge in [-0.05, 0) is 18.6 Å². The molecule has 0 aliphatic rings. The monoisotopic (exact) mass is 193 g/mol. The molecule has 0 spiro atoms. The topological polar surface area (TPSA) is 68.0 Å². The summed E-state index contributed by atoms with van der Waals surface area (Å²) in [5, 5.41) is 2.80. The average Bonchev–Trinajstić information content (AvgIpc) is 2.18. The van der Waals surface area contributed by atoms with E-state index in [1.807, 2.05) is 0 Å². The summed E-state index contributed by atoms with van der Waals surface area (Å²) < 4.78 is 0. The quantitative estimate of drug-likeness (QED) is 0.706. The van der Waals surface area contributed by atoms with Crippen LogP contribution in [0.15, 0.2) is 18.3 Å². The second-order valence-electron chi connectivity index (χ2n) is 3.08. The molecule has 14 heavy (non-hydrogen) atoms. The van der Waals surface area contributed by atoms with Crippen LogP contribution in [-0.2, 0) is 0 Å². The summed E-state index contributed by atoms with van der Waals surface area (Å²) in [6.45, 7) is 2.79. The summed E-state index contributed by atoms with van der Waals surface area (Å²) >= 11 is 0. The van der Waals surface area contributed by atoms with Crippen LogP contribution in [0.2, 0.25) is 0 Å². The lowest BCUT2D eigenvalue weighted by Crippen LogP contribution is -2.24. The van der Waals surface area contributed by atoms with Crippen molar-refractivity contribution in [3.05, 3.63) is 23.9 Å². The van der Waals surface area contributed by atoms with E-state index in [0.717, 1.165) is 12.8 Å². The number of aromatic nitrogens is 1. The minimum Gasteiger partial charge on any atom is -0.384 e. The highest BCUT2D eigenvalue weighted by molar-refractivity contribution is 5.94. The number of anilines is 1. The molecule has 0 saturated carbocycles. The maximum absolute atomic E-state index is 11.5. The van der Waals surface area contributed by atoms with Crippen LogP contribution in [-0.4, -0.2) is 17.4 Å². The molecule has 0 unspecified atom stereocenters. The Kier molecular flexibility index (Phi) is 3.91. The highest BCUT2D eigenvalue weighted by atomic mass is 16.1. The second-order valence-corrected chi connectivity index (χ2v) is 3.08. The number of hydrogen-bond acceptors (Lipinski definition) is 3. The van der Waals surface area contributed by atoms with Crippen molar-refractivity contribution >= 4 is 11.7 Å². The summed E-state index contributed by atoms with van der Waals surface area (Å²) in [6.07, 6.45) is 3.59. The number of nitrogens with two attached hydrogens (primary N) is 1. The molecule has 3 N–H and O–H groups in total. The SMILES string of the molecule is CCCCNC(=O)c1ccnc(N)c1. The molecule has 1 aromatic heterocycles. The van der Waals surface area contributed by atoms with Crippen LogP contribution in [0.25, 0.3) is 0 Å². The lowest BCUT2D eigenvalue weighted by molar-refractivity contribution is 0.0953. The molecule has 0 aliphatic carbocycles. The first-order valence-electron chi connectivity index (χ1n) is 4.73. The van der Waals surface area contributed by atoms with Crippen molar-refractivity contribution in [3.8, 4) is 0 Å². The second kappa shape index (κ2) is 5.21. The Balaban J connectivity index is 2.52. The number of hydrogen-bond donors (Lipinski definition) is 2. The fraction of sp³-hybridized carbons (Fsp3) is 0.400. The summed E-state index contributed by atoms with van der Waals surface area (Å²) in [4.78, 5) is 15.3. The Bertz CT molecular complexity index is 312. The molecule has 76 valence electrons. The molecule has 1 heterocycles. The van der Waals surface area contributed by atoms with Gasteiger partial charge in [-0.25, -0.2) is 4.98 Å². The van der Waals surface area contributed by atoms with E-state index in [4.69, 9.17) is 5.73 Å². The van der Waals surface area contributed by atoms with Crippen molar-refractivity contribution in [2.45, 2.75) is 19.8 Å². The molecule has 1 rings (SSSR count). The summed E-state index contributed by atoms with van der Waals surface area (Å²) in [6, 6.07) is 3.22. The van der Waals surface area contributed by atoms with Crippen LogP contribution in [0.1, 0.15) is 30.1 Å². The number of carbonyl (C=O) groups is 1. The van der Waals surface area contributed by atoms with Gasteiger partial charge < -0.3 is 11.1 Å². The van der Waals surface area contributed by atoms with Gasteiger partial charge in [0.1, 0.15) is 5.82 Å². The van der Waals surface area contributed by atoms with Gasteiger partial charge in [0.25, 0.3) is 5.91 Å². The minimum absolute atomic E-state index is 0.0902. The standard InChI is InChI=1S/C10H15N3O/c1-2-3-5-13-10(14)8-4-6-12-9(11)7-8/h4,6-7H,2-3,5H2,1H3,(H2,11,12)(H,13,14). The fourth-order valence-corrected chi connectivity index (χ4v) is 1.07. The predicted molar refractivity (Wildman–Crippen MR) is 55.9 cm³/mol. The molecule has 4 nitrogen and oxygen atoms in total. The van der Waals surface area contributed by atoms with Gasteiger partial charge in [-0.15, -0.1) is 0 Å². The van der Waals surface area contributed by atoms with Crippen molar-refractivity contribution in [2.75, 3.05) is 12.3 Å². The average molecular weight is 193 g/mol. The molecule has 1 amide bonds. The molecule has 0 aliphatic heterocycles. The van der Waals surface area contributed by atoms with E-state index in [1.54, 1.807) is 12.1 Å². The van der Waals surface area contributed by atoms with E-state index < -0.39 is 0 Å². The summed E-state index contributed by atoms with van der Waals surface area (Å²) in [5.74, 6) is 0.278. The van der Waals surface area contributed by atoms with Crippen LogP contribution < -0.4 is 11.1 Å². The zero-order chi connectivity index (χ0) is 10.4. The lowest BCUT2D eigenvalue weighted by atomic mass is 10.2. The van der Waals surface area contributed by atoms with Crippen molar-refractivity contribution in [1.82, 2.24) is 10.3 Å². The van der Waals surface area contributed by atoms with E-state index >= 15 is 0 Å². The lowest BCUT2D eigenvalue weighted by Gasteiger charge is -2.03. The number of amides is 1. The largest absolute Gasteiger partial charge is 0.384 e. The van der Waals surface area contributed by atoms with Crippen LogP contribution >= 0.6 is 0 Å². The van der Waals surface area contributed by atoms with Gasteiger partial charge in [0, 0.05) is 18.3 Å². The molecule has 0 atom stereocenters. The van der Waals surface area contributed by atoms with Gasteiger partial charge in [0.15, 0.2) is 0 Å². The first-order valence-corrected chi connectivity index (χ1v) is 4.73. The van der Waals surface area contributed by atoms with Crippen molar-refractivity contribution in [3.63, 3.8) is 0 Å². The van der Waals surface area contributed by atoms with Gasteiger partial charge in [-0.1, -0.05) is 13.3 Å². The van der Waals surface area contributed by atoms with Crippen molar-refractivity contribution in [2.24, 2.45) is 0 Å². The van der Waals surface area contributed by atoms with Crippen LogP contribution in [0, 0.1) is 0 Å². The highest BCUT2D eigenvalue weighted by Gasteiger charge is 2.04. The summed E-state index contributed by atoms with van der Waals surface area (Å²) in [7, 11) is 0. The fourth-order valence-electron chi connectivity index (χ4n) is 1.07. The van der Waals surface area contributed by atoms with Gasteiger partial charge in [0.05, 0.1) is 0 Å². The van der Waals surface area contributed by atoms with Crippen molar-refractivity contribution < 1.29 is 4.79 Å². The molecule has 4 heteroatoms. The molecule has 0 fully saturated rings. The van der Waals surface area contributed by atoms with E-state index in [9.17, 15) is 4.79 Å². The van der Waals surface area contributed by atoms with Crippen LogP contribution in [0.4, 0.5) is 5.82 Å². The van der Waals surface area contributed by atoms with Gasteiger partial charge in [-0.3, -0.25) is 4.79 Å². The van der Waals surface area contributed by atoms with E-state index in [2.05, 4.69) is 17.2 Å². The minimum atomic E-state index is -0.0902. The number of pyridine rings is 1. The number of nitrogens with one attached hydrogen (secondary N) is 1. The molecule has 0 saturated heterocycles. The maximum Gasteiger partial charge on any atom is 0.251 e. The first-order chi connectivity index (χ1) is 6.74. The van der Waals surface area contributed by atoms with Gasteiger partial charge in [0.2, 0.25) is 0 Å². The molecule has 0 radical (unpaired) electrons. The molecule has 1 aromatic rings. The molecular formula is C10H15N3O. The summed E-state index contributed by atoms with van der Waals surface area (Å²) in [5.41, 5.74) is 6.02. The molecule has 0 aromatic carbocycles. The number of unbranched alkanes of at least 4 members (excludes halogenated alkanes) is 1. The van der Waals surface area contributed by atoms with Crippen molar-refractivity contribution in [1.29, 1.82) is 0 Å². The maximum atomic E-state index is 11.5. The van der Waals surface area contributed by atoms with E-state index in [1.165, 1.54) is 6.20 Å². The van der Waals surface area contributed by atoms with Gasteiger partial charge in [-0.2, -0.15) is 0 Å². The predicted octanol–water partition coefficient (Wildman–Crippen LogP) is 1.19. The Morgan fingerprint density at radius 3 is 3.07 bits per heavy atom. The third-order valence-electron chi connectivity index (χ3n) is 1.86. The highest BCUT2D eigenvalue weighted by Crippen LogP contribution is 2.02. The Labute approximate surface area is 83.5 Å². The zero-order valence-corrected chi connectivity index (χ0v) is 8.29. The smallest absolute Gasteiger partial charge is 0.251 e. The first kappa shape index (κ1) is 10.5. The Hall–Kier alpha value is -1.58.